The molecule has 0 bridgehead atoms. The van der Waals surface area contributed by atoms with E-state index < -0.39 is 18.0 Å². The minimum atomic E-state index is -0.769. The van der Waals surface area contributed by atoms with Crippen molar-refractivity contribution in [3.05, 3.63) is 57.2 Å². The highest BCUT2D eigenvalue weighted by atomic mass is 35.5. The first kappa shape index (κ1) is 20.7. The Balaban J connectivity index is 1.77. The van der Waals surface area contributed by atoms with Crippen LogP contribution in [-0.4, -0.2) is 31.1 Å². The maximum absolute atomic E-state index is 12.0. The molecule has 0 unspecified atom stereocenters. The molecule has 9 heteroatoms. The number of hydrogen-bond acceptors (Lipinski definition) is 5. The van der Waals surface area contributed by atoms with Crippen LogP contribution in [0.25, 0.3) is 0 Å². The molecule has 0 aliphatic rings. The molecular weight excluding hydrogens is 390 g/mol. The number of carbonyl (C=O) groups is 3. The van der Waals surface area contributed by atoms with Gasteiger partial charge in [0.2, 0.25) is 0 Å². The number of carbonyl (C=O) groups excluding carboxylic acids is 3. The summed E-state index contributed by atoms with van der Waals surface area (Å²) < 4.78 is 4.98. The molecule has 0 aliphatic carbocycles. The predicted molar refractivity (Wildman–Crippen MR) is 104 cm³/mol. The minimum Gasteiger partial charge on any atom is -0.456 e. The molecular formula is C18H20ClN3O4S. The van der Waals surface area contributed by atoms with Crippen LogP contribution in [0.3, 0.4) is 0 Å². The molecule has 4 N–H and O–H groups in total. The van der Waals surface area contributed by atoms with Gasteiger partial charge in [0.05, 0.1) is 12.5 Å². The molecule has 27 heavy (non-hydrogen) atoms. The second-order valence-electron chi connectivity index (χ2n) is 5.66. The number of amides is 3. The van der Waals surface area contributed by atoms with E-state index >= 15 is 0 Å². The van der Waals surface area contributed by atoms with Crippen LogP contribution in [0.2, 0.25) is 5.02 Å². The molecule has 0 saturated carbocycles. The van der Waals surface area contributed by atoms with Crippen molar-refractivity contribution in [2.75, 3.05) is 13.2 Å². The van der Waals surface area contributed by atoms with Gasteiger partial charge in [0.15, 0.2) is 6.61 Å². The summed E-state index contributed by atoms with van der Waals surface area (Å²) in [6.07, 6.45) is 0.561. The summed E-state index contributed by atoms with van der Waals surface area (Å²) in [7, 11) is 0. The molecule has 1 aromatic carbocycles. The first-order chi connectivity index (χ1) is 12.9. The van der Waals surface area contributed by atoms with Gasteiger partial charge < -0.3 is 21.1 Å². The number of nitrogens with two attached hydrogens (primary N) is 1. The molecule has 0 saturated heterocycles. The fourth-order valence-corrected chi connectivity index (χ4v) is 3.16. The van der Waals surface area contributed by atoms with Crippen LogP contribution in [0, 0.1) is 0 Å². The highest BCUT2D eigenvalue weighted by Crippen LogP contribution is 2.20. The highest BCUT2D eigenvalue weighted by Gasteiger charge is 2.19. The second-order valence-corrected chi connectivity index (χ2v) is 7.13. The summed E-state index contributed by atoms with van der Waals surface area (Å²) in [6, 6.07) is 9.11. The lowest BCUT2D eigenvalue weighted by Gasteiger charge is -2.17. The van der Waals surface area contributed by atoms with Crippen LogP contribution in [0.4, 0.5) is 4.79 Å². The van der Waals surface area contributed by atoms with Crippen molar-refractivity contribution in [1.29, 1.82) is 0 Å². The normalized spacial score (nSPS) is 11.4. The third kappa shape index (κ3) is 7.67. The van der Waals surface area contributed by atoms with Crippen molar-refractivity contribution in [3.8, 4) is 0 Å². The number of ether oxygens (including phenoxy) is 1. The predicted octanol–water partition coefficient (Wildman–Crippen LogP) is 2.40. The topological polar surface area (TPSA) is 111 Å². The summed E-state index contributed by atoms with van der Waals surface area (Å²) in [5.74, 6) is -1.01. The average Bonchev–Trinajstić information content (AvgIpc) is 3.13. The van der Waals surface area contributed by atoms with E-state index in [0.29, 0.717) is 17.1 Å². The number of benzene rings is 1. The van der Waals surface area contributed by atoms with Gasteiger partial charge in [-0.1, -0.05) is 29.8 Å². The zero-order chi connectivity index (χ0) is 19.6. The van der Waals surface area contributed by atoms with Gasteiger partial charge in [-0.05, 0) is 35.6 Å². The number of urea groups is 1. The van der Waals surface area contributed by atoms with E-state index in [-0.39, 0.29) is 18.9 Å². The summed E-state index contributed by atoms with van der Waals surface area (Å²) in [6.45, 7) is 0.0840. The fraction of sp³-hybridized carbons (Fsp3) is 0.278. The Morgan fingerprint density at radius 2 is 1.93 bits per heavy atom. The van der Waals surface area contributed by atoms with Crippen LogP contribution >= 0.6 is 22.9 Å². The van der Waals surface area contributed by atoms with Gasteiger partial charge in [-0.2, -0.15) is 0 Å². The minimum absolute atomic E-state index is 0.160. The van der Waals surface area contributed by atoms with E-state index in [4.69, 9.17) is 22.1 Å². The van der Waals surface area contributed by atoms with E-state index in [2.05, 4.69) is 10.6 Å². The highest BCUT2D eigenvalue weighted by molar-refractivity contribution is 7.09. The van der Waals surface area contributed by atoms with Gasteiger partial charge in [-0.3, -0.25) is 9.59 Å². The lowest BCUT2D eigenvalue weighted by molar-refractivity contribution is -0.149. The Morgan fingerprint density at radius 3 is 2.56 bits per heavy atom. The molecule has 1 aromatic heterocycles. The van der Waals surface area contributed by atoms with E-state index in [1.807, 2.05) is 17.5 Å². The van der Waals surface area contributed by atoms with Crippen molar-refractivity contribution >= 4 is 40.8 Å². The monoisotopic (exact) mass is 409 g/mol. The third-order valence-corrected chi connectivity index (χ3v) is 4.79. The summed E-state index contributed by atoms with van der Waals surface area (Å²) in [5, 5.41) is 7.66. The second kappa shape index (κ2) is 10.5. The van der Waals surface area contributed by atoms with Crippen LogP contribution < -0.4 is 16.4 Å². The van der Waals surface area contributed by atoms with Gasteiger partial charge in [-0.15, -0.1) is 11.3 Å². The van der Waals surface area contributed by atoms with Crippen molar-refractivity contribution in [2.24, 2.45) is 5.73 Å². The van der Waals surface area contributed by atoms with Crippen LogP contribution in [0.5, 0.6) is 0 Å². The van der Waals surface area contributed by atoms with Crippen molar-refractivity contribution in [3.63, 3.8) is 0 Å². The standard InChI is InChI=1S/C18H20ClN3O4S/c19-13-5-3-12(4-6-13)15(22-18(20)25)10-17(24)26-11-16(23)21-8-7-14-2-1-9-27-14/h1-6,9,15H,7-8,10-11H2,(H,21,23)(H3,20,22,25)/t15-/m1/s1. The summed E-state index contributed by atoms with van der Waals surface area (Å²) >= 11 is 7.45. The molecule has 0 spiro atoms. The van der Waals surface area contributed by atoms with E-state index in [0.717, 1.165) is 11.3 Å². The lowest BCUT2D eigenvalue weighted by atomic mass is 10.0. The number of rotatable bonds is 9. The molecule has 7 nitrogen and oxygen atoms in total. The third-order valence-electron chi connectivity index (χ3n) is 3.60. The Labute approximate surface area is 165 Å². The molecule has 2 aromatic rings. The SMILES string of the molecule is NC(=O)N[C@H](CC(=O)OCC(=O)NCCc1cccs1)c1ccc(Cl)cc1. The summed E-state index contributed by atoms with van der Waals surface area (Å²) in [5.41, 5.74) is 5.81. The number of primary amides is 1. The maximum atomic E-state index is 12.0. The van der Waals surface area contributed by atoms with Crippen LogP contribution in [0.15, 0.2) is 41.8 Å². The Morgan fingerprint density at radius 1 is 1.19 bits per heavy atom. The number of nitrogens with one attached hydrogen (secondary N) is 2. The van der Waals surface area contributed by atoms with Gasteiger partial charge >= 0.3 is 12.0 Å². The Bertz CT molecular complexity index is 765. The number of thiophene rings is 1. The molecule has 3 amide bonds. The average molecular weight is 410 g/mol. The van der Waals surface area contributed by atoms with Crippen molar-refractivity contribution in [2.45, 2.75) is 18.9 Å². The first-order valence-corrected chi connectivity index (χ1v) is 9.46. The molecule has 1 atom stereocenters. The molecule has 144 valence electrons. The molecule has 0 fully saturated rings. The van der Waals surface area contributed by atoms with Gasteiger partial charge in [0.25, 0.3) is 5.91 Å². The molecule has 1 heterocycles. The largest absolute Gasteiger partial charge is 0.456 e. The van der Waals surface area contributed by atoms with E-state index in [1.54, 1.807) is 35.6 Å². The lowest BCUT2D eigenvalue weighted by Crippen LogP contribution is -2.35. The Kier molecular flexibility index (Phi) is 8.09. The van der Waals surface area contributed by atoms with Gasteiger partial charge in [0.1, 0.15) is 0 Å². The zero-order valence-electron chi connectivity index (χ0n) is 14.4. The van der Waals surface area contributed by atoms with Gasteiger partial charge in [0, 0.05) is 16.4 Å². The first-order valence-electron chi connectivity index (χ1n) is 8.20. The quantitative estimate of drug-likeness (QED) is 0.552. The fourth-order valence-electron chi connectivity index (χ4n) is 2.32. The maximum Gasteiger partial charge on any atom is 0.312 e. The van der Waals surface area contributed by atoms with Crippen molar-refractivity contribution in [1.82, 2.24) is 10.6 Å². The number of esters is 1. The van der Waals surface area contributed by atoms with Crippen molar-refractivity contribution < 1.29 is 19.1 Å². The molecule has 2 rings (SSSR count). The summed E-state index contributed by atoms with van der Waals surface area (Å²) in [4.78, 5) is 36.1. The van der Waals surface area contributed by atoms with E-state index in [9.17, 15) is 14.4 Å². The van der Waals surface area contributed by atoms with E-state index in [1.165, 1.54) is 0 Å². The van der Waals surface area contributed by atoms with Crippen LogP contribution in [0.1, 0.15) is 22.9 Å². The van der Waals surface area contributed by atoms with Gasteiger partial charge in [-0.25, -0.2) is 4.79 Å². The smallest absolute Gasteiger partial charge is 0.312 e. The molecule has 0 radical (unpaired) electrons. The molecule has 0 aliphatic heterocycles. The number of hydrogen-bond donors (Lipinski definition) is 3. The van der Waals surface area contributed by atoms with Crippen LogP contribution in [-0.2, 0) is 20.7 Å². The zero-order valence-corrected chi connectivity index (χ0v) is 16.0. The number of halogens is 1. The Hall–Kier alpha value is -2.58.